The number of sulfonamides is 1. The van der Waals surface area contributed by atoms with E-state index < -0.39 is 51.5 Å². The predicted molar refractivity (Wildman–Crippen MR) is 108 cm³/mol. The number of nitrogens with one attached hydrogen (secondary N) is 2. The minimum absolute atomic E-state index is 0.0833. The third-order valence-corrected chi connectivity index (χ3v) is 8.07. The molecule has 1 aromatic heterocycles. The second kappa shape index (κ2) is 9.37. The van der Waals surface area contributed by atoms with Crippen molar-refractivity contribution in [3.05, 3.63) is 45.9 Å². The van der Waals surface area contributed by atoms with E-state index in [1.54, 1.807) is 11.8 Å². The van der Waals surface area contributed by atoms with Gasteiger partial charge in [-0.3, -0.25) is 9.59 Å². The molecule has 0 spiro atoms. The predicted octanol–water partition coefficient (Wildman–Crippen LogP) is 2.27. The van der Waals surface area contributed by atoms with Gasteiger partial charge in [0.15, 0.2) is 17.5 Å². The lowest BCUT2D eigenvalue weighted by Crippen LogP contribution is -2.39. The average molecular weight is 480 g/mol. The summed E-state index contributed by atoms with van der Waals surface area (Å²) in [5, 5.41) is 5.72. The molecule has 2 amide bonds. The lowest BCUT2D eigenvalue weighted by molar-refractivity contribution is -0.115. The first kappa shape index (κ1) is 22.6. The van der Waals surface area contributed by atoms with Gasteiger partial charge in [-0.1, -0.05) is 0 Å². The van der Waals surface area contributed by atoms with E-state index in [9.17, 15) is 31.2 Å². The summed E-state index contributed by atoms with van der Waals surface area (Å²) in [6.07, 6.45) is 0. The summed E-state index contributed by atoms with van der Waals surface area (Å²) >= 11 is 2.54. The molecule has 1 aliphatic rings. The van der Waals surface area contributed by atoms with Crippen molar-refractivity contribution in [3.8, 4) is 0 Å². The topological polar surface area (TPSA) is 95.6 Å². The number of hydrogen-bond donors (Lipinski definition) is 2. The molecule has 0 atom stereocenters. The molecule has 0 bridgehead atoms. The van der Waals surface area contributed by atoms with Crippen molar-refractivity contribution in [2.45, 2.75) is 4.90 Å². The zero-order chi connectivity index (χ0) is 21.9. The van der Waals surface area contributed by atoms with Crippen LogP contribution in [0.1, 0.15) is 9.67 Å². The minimum atomic E-state index is -3.85. The number of benzene rings is 1. The van der Waals surface area contributed by atoms with Crippen molar-refractivity contribution >= 4 is 50.6 Å². The Morgan fingerprint density at radius 2 is 1.77 bits per heavy atom. The zero-order valence-corrected chi connectivity index (χ0v) is 17.7. The maximum Gasteiger partial charge on any atom is 0.263 e. The van der Waals surface area contributed by atoms with Crippen LogP contribution in [0.15, 0.2) is 28.5 Å². The molecule has 1 aromatic carbocycles. The van der Waals surface area contributed by atoms with Gasteiger partial charge in [0.2, 0.25) is 15.9 Å². The van der Waals surface area contributed by atoms with Crippen LogP contribution in [0.4, 0.5) is 18.9 Å². The second-order valence-corrected chi connectivity index (χ2v) is 10.1. The Morgan fingerprint density at radius 3 is 2.47 bits per heavy atom. The summed E-state index contributed by atoms with van der Waals surface area (Å²) in [7, 11) is -3.85. The molecule has 2 heterocycles. The summed E-state index contributed by atoms with van der Waals surface area (Å²) in [4.78, 5) is 24.1. The first-order chi connectivity index (χ1) is 14.2. The highest BCUT2D eigenvalue weighted by molar-refractivity contribution is 7.99. The molecule has 3 rings (SSSR count). The number of thiophene rings is 1. The van der Waals surface area contributed by atoms with Crippen molar-refractivity contribution in [2.24, 2.45) is 0 Å². The van der Waals surface area contributed by atoms with Gasteiger partial charge in [-0.25, -0.2) is 21.6 Å². The van der Waals surface area contributed by atoms with Crippen LogP contribution in [0.5, 0.6) is 0 Å². The Hall–Kier alpha value is -2.09. The molecule has 13 heteroatoms. The minimum Gasteiger partial charge on any atom is -0.342 e. The second-order valence-electron chi connectivity index (χ2n) is 6.08. The Balaban J connectivity index is 1.66. The molecule has 0 radical (unpaired) electrons. The van der Waals surface area contributed by atoms with Crippen LogP contribution in [0.3, 0.4) is 0 Å². The Bertz CT molecular complexity index is 1070. The van der Waals surface area contributed by atoms with Gasteiger partial charge in [0.1, 0.15) is 9.77 Å². The van der Waals surface area contributed by atoms with Crippen molar-refractivity contribution in [1.29, 1.82) is 0 Å². The van der Waals surface area contributed by atoms with Gasteiger partial charge in [0, 0.05) is 24.6 Å². The van der Waals surface area contributed by atoms with E-state index in [1.807, 2.05) is 5.32 Å². The molecule has 2 aromatic rings. The average Bonchev–Trinajstić information content (AvgIpc) is 3.24. The molecule has 0 aliphatic carbocycles. The van der Waals surface area contributed by atoms with Crippen LogP contribution >= 0.6 is 23.1 Å². The van der Waals surface area contributed by atoms with Gasteiger partial charge in [-0.2, -0.15) is 16.1 Å². The largest absolute Gasteiger partial charge is 0.342 e. The standard InChI is InChI=1S/C17H16F3N3O4S3/c18-10-1-2-11(15(20)14(10)19)22-13(24)9-21-17(25)16-12(3-6-29-16)30(26,27)23-4-7-28-8-5-23/h1-3,6H,4-5,7-9H2,(H,21,25)(H,22,24). The van der Waals surface area contributed by atoms with E-state index in [4.69, 9.17) is 0 Å². The van der Waals surface area contributed by atoms with Crippen LogP contribution in [-0.2, 0) is 14.8 Å². The van der Waals surface area contributed by atoms with Gasteiger partial charge in [-0.15, -0.1) is 11.3 Å². The normalized spacial score (nSPS) is 15.0. The van der Waals surface area contributed by atoms with Crippen molar-refractivity contribution < 1.29 is 31.2 Å². The first-order valence-electron chi connectivity index (χ1n) is 8.58. The van der Waals surface area contributed by atoms with E-state index in [2.05, 4.69) is 5.32 Å². The monoisotopic (exact) mass is 479 g/mol. The van der Waals surface area contributed by atoms with E-state index in [0.29, 0.717) is 30.7 Å². The van der Waals surface area contributed by atoms with Crippen LogP contribution in [-0.4, -0.2) is 55.7 Å². The van der Waals surface area contributed by atoms with Gasteiger partial charge in [-0.05, 0) is 23.6 Å². The summed E-state index contributed by atoms with van der Waals surface area (Å²) in [5.74, 6) is -5.09. The fourth-order valence-electron chi connectivity index (χ4n) is 2.65. The fourth-order valence-corrected chi connectivity index (χ4v) is 6.54. The summed E-state index contributed by atoms with van der Waals surface area (Å²) in [6.45, 7) is 0.0488. The summed E-state index contributed by atoms with van der Waals surface area (Å²) < 4.78 is 66.7. The highest BCUT2D eigenvalue weighted by Crippen LogP contribution is 2.27. The maximum atomic E-state index is 13.6. The molecule has 2 N–H and O–H groups in total. The molecule has 0 unspecified atom stereocenters. The molecule has 162 valence electrons. The van der Waals surface area contributed by atoms with Crippen LogP contribution in [0, 0.1) is 17.5 Å². The molecule has 7 nitrogen and oxygen atoms in total. The molecule has 1 aliphatic heterocycles. The van der Waals surface area contributed by atoms with Gasteiger partial charge in [0.05, 0.1) is 12.2 Å². The van der Waals surface area contributed by atoms with Crippen LogP contribution in [0.2, 0.25) is 0 Å². The van der Waals surface area contributed by atoms with Crippen LogP contribution in [0.25, 0.3) is 0 Å². The molecule has 1 saturated heterocycles. The van der Waals surface area contributed by atoms with E-state index >= 15 is 0 Å². The van der Waals surface area contributed by atoms with Crippen LogP contribution < -0.4 is 10.6 Å². The smallest absolute Gasteiger partial charge is 0.263 e. The number of halogens is 3. The lowest BCUT2D eigenvalue weighted by Gasteiger charge is -2.25. The Kier molecular flexibility index (Phi) is 7.06. The molecule has 0 saturated carbocycles. The SMILES string of the molecule is O=C(CNC(=O)c1sccc1S(=O)(=O)N1CCSCC1)Nc1ccc(F)c(F)c1F. The van der Waals surface area contributed by atoms with E-state index in [0.717, 1.165) is 17.4 Å². The number of thioether (sulfide) groups is 1. The zero-order valence-electron chi connectivity index (χ0n) is 15.3. The number of amides is 2. The number of carbonyl (C=O) groups is 2. The maximum absolute atomic E-state index is 13.6. The fraction of sp³-hybridized carbons (Fsp3) is 0.294. The van der Waals surface area contributed by atoms with E-state index in [-0.39, 0.29) is 9.77 Å². The van der Waals surface area contributed by atoms with Gasteiger partial charge >= 0.3 is 0 Å². The summed E-state index contributed by atoms with van der Waals surface area (Å²) in [6, 6.07) is 2.82. The highest BCUT2D eigenvalue weighted by atomic mass is 32.2. The quantitative estimate of drug-likeness (QED) is 0.620. The molecule has 1 fully saturated rings. The molecular weight excluding hydrogens is 463 g/mol. The van der Waals surface area contributed by atoms with Gasteiger partial charge in [0.25, 0.3) is 5.91 Å². The van der Waals surface area contributed by atoms with Crippen molar-refractivity contribution in [3.63, 3.8) is 0 Å². The number of carbonyl (C=O) groups excluding carboxylic acids is 2. The highest BCUT2D eigenvalue weighted by Gasteiger charge is 2.31. The lowest BCUT2D eigenvalue weighted by atomic mass is 10.2. The number of nitrogens with zero attached hydrogens (tertiary/aromatic N) is 1. The number of hydrogen-bond acceptors (Lipinski definition) is 6. The van der Waals surface area contributed by atoms with Gasteiger partial charge < -0.3 is 10.6 Å². The van der Waals surface area contributed by atoms with Crippen molar-refractivity contribution in [1.82, 2.24) is 9.62 Å². The third kappa shape index (κ3) is 4.79. The Labute approximate surface area is 178 Å². The number of rotatable bonds is 6. The third-order valence-electron chi connectivity index (χ3n) is 4.14. The van der Waals surface area contributed by atoms with Crippen molar-refractivity contribution in [2.75, 3.05) is 36.5 Å². The summed E-state index contributed by atoms with van der Waals surface area (Å²) in [5.41, 5.74) is -0.587. The Morgan fingerprint density at radius 1 is 1.07 bits per heavy atom. The van der Waals surface area contributed by atoms with E-state index in [1.165, 1.54) is 15.8 Å². The number of anilines is 1. The first-order valence-corrected chi connectivity index (χ1v) is 12.1. The molecule has 30 heavy (non-hydrogen) atoms. The molecular formula is C17H16F3N3O4S3.